The van der Waals surface area contributed by atoms with E-state index in [1.54, 1.807) is 6.92 Å². The van der Waals surface area contributed by atoms with Crippen LogP contribution in [-0.4, -0.2) is 23.7 Å². The van der Waals surface area contributed by atoms with Crippen molar-refractivity contribution in [1.82, 2.24) is 5.32 Å². The molecule has 172 valence electrons. The van der Waals surface area contributed by atoms with Gasteiger partial charge in [0.15, 0.2) is 0 Å². The van der Waals surface area contributed by atoms with E-state index in [4.69, 9.17) is 5.11 Å². The Hall–Kier alpha value is -1.61. The second kappa shape index (κ2) is 12.4. The average molecular weight is 426 g/mol. The molecule has 4 saturated carbocycles. The molecular formula is C28H43NO2. The Balaban J connectivity index is 1.20. The SMILES string of the molecule is C[C@H](CO)NC(=O)CCCC=CCC=CCC=CCC=CC12CC3CC(CC(C3)C1)C2. The second-order valence-corrected chi connectivity index (χ2v) is 10.3. The summed E-state index contributed by atoms with van der Waals surface area (Å²) < 4.78 is 0. The van der Waals surface area contributed by atoms with E-state index in [2.05, 4.69) is 53.9 Å². The third-order valence-electron chi connectivity index (χ3n) is 7.33. The van der Waals surface area contributed by atoms with Crippen LogP contribution in [0.25, 0.3) is 0 Å². The molecule has 31 heavy (non-hydrogen) atoms. The van der Waals surface area contributed by atoms with Crippen molar-refractivity contribution in [2.45, 2.75) is 90.0 Å². The van der Waals surface area contributed by atoms with E-state index in [1.807, 2.05) is 0 Å². The van der Waals surface area contributed by atoms with E-state index in [0.29, 0.717) is 11.8 Å². The summed E-state index contributed by atoms with van der Waals surface area (Å²) in [5.41, 5.74) is 0.566. The van der Waals surface area contributed by atoms with Crippen molar-refractivity contribution in [3.63, 3.8) is 0 Å². The molecule has 0 radical (unpaired) electrons. The molecule has 0 aromatic carbocycles. The van der Waals surface area contributed by atoms with Crippen molar-refractivity contribution in [1.29, 1.82) is 0 Å². The van der Waals surface area contributed by atoms with Gasteiger partial charge >= 0.3 is 0 Å². The lowest BCUT2D eigenvalue weighted by atomic mass is 9.49. The van der Waals surface area contributed by atoms with E-state index in [9.17, 15) is 4.79 Å². The van der Waals surface area contributed by atoms with Crippen LogP contribution in [0.15, 0.2) is 48.6 Å². The van der Waals surface area contributed by atoms with Crippen LogP contribution in [-0.2, 0) is 4.79 Å². The van der Waals surface area contributed by atoms with E-state index >= 15 is 0 Å². The predicted molar refractivity (Wildman–Crippen MR) is 130 cm³/mol. The zero-order chi connectivity index (χ0) is 21.9. The van der Waals surface area contributed by atoms with Gasteiger partial charge in [0.25, 0.3) is 0 Å². The van der Waals surface area contributed by atoms with E-state index < -0.39 is 0 Å². The summed E-state index contributed by atoms with van der Waals surface area (Å²) in [7, 11) is 0. The van der Waals surface area contributed by atoms with Gasteiger partial charge in [0, 0.05) is 12.5 Å². The number of unbranched alkanes of at least 4 members (excludes halogenated alkanes) is 1. The lowest BCUT2D eigenvalue weighted by Crippen LogP contribution is -2.44. The molecule has 0 aromatic rings. The van der Waals surface area contributed by atoms with Crippen LogP contribution in [0.3, 0.4) is 0 Å². The molecule has 0 heterocycles. The normalized spacial score (nSPS) is 31.0. The van der Waals surface area contributed by atoms with Crippen LogP contribution in [0.5, 0.6) is 0 Å². The topological polar surface area (TPSA) is 49.3 Å². The van der Waals surface area contributed by atoms with Crippen LogP contribution in [0, 0.1) is 23.2 Å². The Morgan fingerprint density at radius 1 is 0.903 bits per heavy atom. The van der Waals surface area contributed by atoms with Gasteiger partial charge in [-0.3, -0.25) is 4.79 Å². The van der Waals surface area contributed by atoms with Crippen molar-refractivity contribution >= 4 is 5.91 Å². The maximum absolute atomic E-state index is 11.6. The first-order chi connectivity index (χ1) is 15.1. The number of hydrogen-bond donors (Lipinski definition) is 2. The number of allylic oxidation sites excluding steroid dienone is 8. The molecule has 0 aliphatic heterocycles. The largest absolute Gasteiger partial charge is 0.394 e. The Bertz CT molecular complexity index is 637. The number of carbonyl (C=O) groups excluding carboxylic acids is 1. The van der Waals surface area contributed by atoms with Crippen molar-refractivity contribution in [3.05, 3.63) is 48.6 Å². The highest BCUT2D eigenvalue weighted by Gasteiger charge is 2.49. The number of aliphatic hydroxyl groups excluding tert-OH is 1. The van der Waals surface area contributed by atoms with Gasteiger partial charge in [-0.1, -0.05) is 48.6 Å². The summed E-state index contributed by atoms with van der Waals surface area (Å²) in [5.74, 6) is 3.12. The summed E-state index contributed by atoms with van der Waals surface area (Å²) in [5, 5.41) is 11.7. The summed E-state index contributed by atoms with van der Waals surface area (Å²) in [6, 6.07) is -0.153. The van der Waals surface area contributed by atoms with Crippen molar-refractivity contribution < 1.29 is 9.90 Å². The van der Waals surface area contributed by atoms with Crippen molar-refractivity contribution in [3.8, 4) is 0 Å². The molecule has 0 unspecified atom stereocenters. The number of hydrogen-bond acceptors (Lipinski definition) is 2. The zero-order valence-electron chi connectivity index (χ0n) is 19.5. The number of rotatable bonds is 13. The first kappa shape index (κ1) is 24.0. The molecule has 1 amide bonds. The fourth-order valence-corrected chi connectivity index (χ4v) is 6.31. The fraction of sp³-hybridized carbons (Fsp3) is 0.679. The van der Waals surface area contributed by atoms with Gasteiger partial charge in [-0.2, -0.15) is 0 Å². The van der Waals surface area contributed by atoms with Gasteiger partial charge in [0.2, 0.25) is 5.91 Å². The van der Waals surface area contributed by atoms with Crippen LogP contribution >= 0.6 is 0 Å². The highest BCUT2D eigenvalue weighted by atomic mass is 16.3. The maximum Gasteiger partial charge on any atom is 0.220 e. The first-order valence-corrected chi connectivity index (χ1v) is 12.6. The van der Waals surface area contributed by atoms with Gasteiger partial charge in [-0.25, -0.2) is 0 Å². The van der Waals surface area contributed by atoms with Crippen LogP contribution in [0.1, 0.15) is 84.0 Å². The standard InChI is InChI=1S/C28H43NO2/c1-23(22-30)29-27(31)14-12-10-8-6-4-2-3-5-7-9-11-13-15-28-19-24-16-25(20-28)18-26(17-24)21-28/h2-3,6-9,13,15,23-26,30H,4-5,10-12,14,16-22H2,1H3,(H,29,31)/t23-,24?,25?,26?,28?/m1/s1. The van der Waals surface area contributed by atoms with Crippen LogP contribution in [0.2, 0.25) is 0 Å². The molecule has 2 N–H and O–H groups in total. The Morgan fingerprint density at radius 3 is 1.97 bits per heavy atom. The molecule has 3 nitrogen and oxygen atoms in total. The Labute approximate surface area is 189 Å². The summed E-state index contributed by atoms with van der Waals surface area (Å²) in [4.78, 5) is 11.6. The number of aliphatic hydroxyl groups is 1. The average Bonchev–Trinajstić information content (AvgIpc) is 2.72. The first-order valence-electron chi connectivity index (χ1n) is 12.6. The van der Waals surface area contributed by atoms with Crippen molar-refractivity contribution in [2.24, 2.45) is 23.2 Å². The Kier molecular flexibility index (Phi) is 9.64. The molecule has 0 saturated heterocycles. The number of carbonyl (C=O) groups is 1. The maximum atomic E-state index is 11.6. The number of nitrogens with one attached hydrogen (secondary N) is 1. The third-order valence-corrected chi connectivity index (χ3v) is 7.33. The Morgan fingerprint density at radius 2 is 1.42 bits per heavy atom. The molecule has 4 bridgehead atoms. The summed E-state index contributed by atoms with van der Waals surface area (Å²) in [6.07, 6.45) is 32.6. The minimum atomic E-state index is -0.153. The van der Waals surface area contributed by atoms with Crippen molar-refractivity contribution in [2.75, 3.05) is 6.61 Å². The second-order valence-electron chi connectivity index (χ2n) is 10.3. The number of amides is 1. The third kappa shape index (κ3) is 8.11. The quantitative estimate of drug-likeness (QED) is 0.270. The van der Waals surface area contributed by atoms with Gasteiger partial charge in [-0.05, 0) is 101 Å². The van der Waals surface area contributed by atoms with E-state index in [1.165, 1.54) is 38.5 Å². The minimum absolute atomic E-state index is 0.00823. The van der Waals surface area contributed by atoms with Crippen LogP contribution < -0.4 is 5.32 Å². The highest BCUT2D eigenvalue weighted by molar-refractivity contribution is 5.76. The van der Waals surface area contributed by atoms with Crippen LogP contribution in [0.4, 0.5) is 0 Å². The summed E-state index contributed by atoms with van der Waals surface area (Å²) >= 11 is 0. The van der Waals surface area contributed by atoms with E-state index in [-0.39, 0.29) is 18.6 Å². The molecule has 3 heteroatoms. The molecular weight excluding hydrogens is 382 g/mol. The monoisotopic (exact) mass is 425 g/mol. The molecule has 4 aliphatic rings. The zero-order valence-corrected chi connectivity index (χ0v) is 19.5. The smallest absolute Gasteiger partial charge is 0.220 e. The predicted octanol–water partition coefficient (Wildman–Crippen LogP) is 6.27. The molecule has 4 aliphatic carbocycles. The molecule has 4 fully saturated rings. The fourth-order valence-electron chi connectivity index (χ4n) is 6.31. The van der Waals surface area contributed by atoms with Gasteiger partial charge in [0.1, 0.15) is 0 Å². The van der Waals surface area contributed by atoms with Gasteiger partial charge < -0.3 is 10.4 Å². The van der Waals surface area contributed by atoms with E-state index in [0.717, 1.165) is 49.9 Å². The summed E-state index contributed by atoms with van der Waals surface area (Å²) in [6.45, 7) is 1.80. The molecule has 1 atom stereocenters. The lowest BCUT2D eigenvalue weighted by Gasteiger charge is -2.55. The lowest BCUT2D eigenvalue weighted by molar-refractivity contribution is -0.122. The minimum Gasteiger partial charge on any atom is -0.394 e. The molecule has 4 rings (SSSR count). The van der Waals surface area contributed by atoms with Gasteiger partial charge in [0.05, 0.1) is 6.61 Å². The highest BCUT2D eigenvalue weighted by Crippen LogP contribution is 2.60. The molecule has 0 aromatic heterocycles. The molecule has 0 spiro atoms. The van der Waals surface area contributed by atoms with Gasteiger partial charge in [-0.15, -0.1) is 0 Å².